The number of thiocarbonyl (C=S) groups is 1. The van der Waals surface area contributed by atoms with E-state index in [1.165, 1.54) is 23.4 Å². The number of hydrogen-bond donors (Lipinski definition) is 2. The van der Waals surface area contributed by atoms with Gasteiger partial charge in [-0.15, -0.1) is 0 Å². The van der Waals surface area contributed by atoms with Crippen molar-refractivity contribution in [3.05, 3.63) is 59.7 Å². The molecule has 0 aliphatic carbocycles. The summed E-state index contributed by atoms with van der Waals surface area (Å²) in [6, 6.07) is 12.3. The van der Waals surface area contributed by atoms with E-state index in [1.54, 1.807) is 0 Å². The average molecular weight is 361 g/mol. The number of nitrogens with one attached hydrogen (secondary N) is 2. The summed E-state index contributed by atoms with van der Waals surface area (Å²) in [5, 5.41) is 6.16. The first-order valence-corrected chi connectivity index (χ1v) is 8.80. The zero-order valence-corrected chi connectivity index (χ0v) is 14.9. The second-order valence-corrected chi connectivity index (χ2v) is 6.64. The van der Waals surface area contributed by atoms with E-state index in [0.717, 1.165) is 25.5 Å². The van der Waals surface area contributed by atoms with Crippen LogP contribution < -0.4 is 15.5 Å². The molecule has 1 heterocycles. The van der Waals surface area contributed by atoms with Gasteiger partial charge in [-0.2, -0.15) is 0 Å². The molecule has 1 atom stereocenters. The van der Waals surface area contributed by atoms with Crippen molar-refractivity contribution in [2.24, 2.45) is 0 Å². The van der Waals surface area contributed by atoms with Crippen LogP contribution in [0, 0.1) is 11.6 Å². The average Bonchev–Trinajstić information content (AvgIpc) is 2.90. The van der Waals surface area contributed by atoms with Crippen LogP contribution in [0.5, 0.6) is 0 Å². The molecule has 0 saturated carbocycles. The number of anilines is 2. The minimum absolute atomic E-state index is 0.168. The molecule has 0 radical (unpaired) electrons. The molecule has 0 unspecified atom stereocenters. The van der Waals surface area contributed by atoms with E-state index in [9.17, 15) is 8.78 Å². The summed E-state index contributed by atoms with van der Waals surface area (Å²) in [7, 11) is 0. The van der Waals surface area contributed by atoms with Crippen molar-refractivity contribution in [2.45, 2.75) is 25.8 Å². The van der Waals surface area contributed by atoms with Crippen molar-refractivity contribution < 1.29 is 8.78 Å². The quantitative estimate of drug-likeness (QED) is 0.620. The predicted octanol–water partition coefficient (Wildman–Crippen LogP) is 4.09. The van der Waals surface area contributed by atoms with Gasteiger partial charge in [-0.25, -0.2) is 8.78 Å². The molecular weight excluding hydrogens is 340 g/mol. The third kappa shape index (κ3) is 4.25. The molecule has 2 aromatic carbocycles. The monoisotopic (exact) mass is 361 g/mol. The van der Waals surface area contributed by atoms with Gasteiger partial charge in [0, 0.05) is 30.9 Å². The standard InChI is InChI=1S/C19H21F2N3S/c1-13-11-14-5-2-3-6-18(14)24(13)10-4-9-22-19(25)23-17-8-7-15(20)12-16(17)21/h2-3,5-8,12-13H,4,9-11H2,1H3,(H2,22,23,25)/t13-/m1/s1. The zero-order chi connectivity index (χ0) is 17.8. The molecule has 3 rings (SSSR count). The molecular formula is C19H21F2N3S. The van der Waals surface area contributed by atoms with E-state index in [0.29, 0.717) is 17.7 Å². The van der Waals surface area contributed by atoms with Crippen LogP contribution in [0.4, 0.5) is 20.2 Å². The van der Waals surface area contributed by atoms with E-state index >= 15 is 0 Å². The van der Waals surface area contributed by atoms with Crippen molar-refractivity contribution in [1.82, 2.24) is 5.32 Å². The number of nitrogens with zero attached hydrogens (tertiary/aromatic N) is 1. The third-order valence-electron chi connectivity index (χ3n) is 4.39. The van der Waals surface area contributed by atoms with E-state index in [4.69, 9.17) is 12.2 Å². The van der Waals surface area contributed by atoms with E-state index in [1.807, 2.05) is 0 Å². The molecule has 0 fully saturated rings. The van der Waals surface area contributed by atoms with Gasteiger partial charge in [-0.3, -0.25) is 0 Å². The summed E-state index contributed by atoms with van der Waals surface area (Å²) in [4.78, 5) is 2.41. The summed E-state index contributed by atoms with van der Waals surface area (Å²) in [5.41, 5.74) is 2.87. The van der Waals surface area contributed by atoms with Crippen LogP contribution in [0.3, 0.4) is 0 Å². The molecule has 2 N–H and O–H groups in total. The first-order valence-electron chi connectivity index (χ1n) is 8.39. The molecule has 0 saturated heterocycles. The van der Waals surface area contributed by atoms with Gasteiger partial charge < -0.3 is 15.5 Å². The van der Waals surface area contributed by atoms with Crippen molar-refractivity contribution >= 4 is 28.7 Å². The molecule has 1 aliphatic heterocycles. The second-order valence-electron chi connectivity index (χ2n) is 6.23. The van der Waals surface area contributed by atoms with Crippen LogP contribution in [0.15, 0.2) is 42.5 Å². The topological polar surface area (TPSA) is 27.3 Å². The fourth-order valence-corrected chi connectivity index (χ4v) is 3.39. The highest BCUT2D eigenvalue weighted by atomic mass is 32.1. The molecule has 0 bridgehead atoms. The van der Waals surface area contributed by atoms with E-state index < -0.39 is 11.6 Å². The maximum absolute atomic E-state index is 13.6. The van der Waals surface area contributed by atoms with E-state index in [2.05, 4.69) is 46.7 Å². The number of benzene rings is 2. The molecule has 2 aromatic rings. The molecule has 0 aromatic heterocycles. The largest absolute Gasteiger partial charge is 0.368 e. The van der Waals surface area contributed by atoms with Crippen molar-refractivity contribution in [2.75, 3.05) is 23.3 Å². The molecule has 132 valence electrons. The van der Waals surface area contributed by atoms with Gasteiger partial charge in [0.15, 0.2) is 5.11 Å². The molecule has 1 aliphatic rings. The van der Waals surface area contributed by atoms with Gasteiger partial charge in [-0.1, -0.05) is 18.2 Å². The smallest absolute Gasteiger partial charge is 0.170 e. The maximum Gasteiger partial charge on any atom is 0.170 e. The molecule has 6 heteroatoms. The van der Waals surface area contributed by atoms with Crippen LogP contribution >= 0.6 is 12.2 Å². The summed E-state index contributed by atoms with van der Waals surface area (Å²) < 4.78 is 26.5. The number of fused-ring (bicyclic) bond motifs is 1. The maximum atomic E-state index is 13.6. The number of rotatable bonds is 5. The number of hydrogen-bond acceptors (Lipinski definition) is 2. The first-order chi connectivity index (χ1) is 12.0. The lowest BCUT2D eigenvalue weighted by Gasteiger charge is -2.25. The normalized spacial score (nSPS) is 15.8. The lowest BCUT2D eigenvalue weighted by molar-refractivity contribution is 0.586. The first kappa shape index (κ1) is 17.6. The minimum Gasteiger partial charge on any atom is -0.368 e. The fourth-order valence-electron chi connectivity index (χ4n) is 3.18. The lowest BCUT2D eigenvalue weighted by atomic mass is 10.1. The molecule has 3 nitrogen and oxygen atoms in total. The number of halogens is 2. The molecule has 0 spiro atoms. The highest BCUT2D eigenvalue weighted by molar-refractivity contribution is 7.80. The van der Waals surface area contributed by atoms with Gasteiger partial charge in [-0.05, 0) is 55.7 Å². The Morgan fingerprint density at radius 3 is 2.84 bits per heavy atom. The molecule has 25 heavy (non-hydrogen) atoms. The Bertz CT molecular complexity index is 766. The minimum atomic E-state index is -0.661. The van der Waals surface area contributed by atoms with Crippen LogP contribution in [-0.2, 0) is 6.42 Å². The highest BCUT2D eigenvalue weighted by Gasteiger charge is 2.24. The Morgan fingerprint density at radius 1 is 1.24 bits per heavy atom. The van der Waals surface area contributed by atoms with Gasteiger partial charge in [0.25, 0.3) is 0 Å². The van der Waals surface area contributed by atoms with Crippen LogP contribution in [0.2, 0.25) is 0 Å². The SMILES string of the molecule is C[C@@H]1Cc2ccccc2N1CCCNC(=S)Nc1ccc(F)cc1F. The van der Waals surface area contributed by atoms with Crippen LogP contribution in [0.25, 0.3) is 0 Å². The van der Waals surface area contributed by atoms with Gasteiger partial charge in [0.1, 0.15) is 11.6 Å². The third-order valence-corrected chi connectivity index (χ3v) is 4.64. The Morgan fingerprint density at radius 2 is 2.04 bits per heavy atom. The summed E-state index contributed by atoms with van der Waals surface area (Å²) in [6.07, 6.45) is 1.99. The number of para-hydroxylation sites is 1. The summed E-state index contributed by atoms with van der Waals surface area (Å²) in [5.74, 6) is -1.27. The lowest BCUT2D eigenvalue weighted by Crippen LogP contribution is -2.34. The highest BCUT2D eigenvalue weighted by Crippen LogP contribution is 2.31. The van der Waals surface area contributed by atoms with Crippen LogP contribution in [0.1, 0.15) is 18.9 Å². The van der Waals surface area contributed by atoms with Gasteiger partial charge in [0.2, 0.25) is 0 Å². The summed E-state index contributed by atoms with van der Waals surface area (Å²) in [6.45, 7) is 3.84. The Balaban J connectivity index is 1.45. The Kier molecular flexibility index (Phi) is 5.48. The van der Waals surface area contributed by atoms with Gasteiger partial charge >= 0.3 is 0 Å². The van der Waals surface area contributed by atoms with Crippen LogP contribution in [-0.4, -0.2) is 24.2 Å². The zero-order valence-electron chi connectivity index (χ0n) is 14.1. The second kappa shape index (κ2) is 7.78. The summed E-state index contributed by atoms with van der Waals surface area (Å²) >= 11 is 5.17. The predicted molar refractivity (Wildman–Crippen MR) is 102 cm³/mol. The molecule has 0 amide bonds. The van der Waals surface area contributed by atoms with Gasteiger partial charge in [0.05, 0.1) is 5.69 Å². The van der Waals surface area contributed by atoms with Crippen molar-refractivity contribution in [1.29, 1.82) is 0 Å². The van der Waals surface area contributed by atoms with Crippen molar-refractivity contribution in [3.8, 4) is 0 Å². The van der Waals surface area contributed by atoms with Crippen molar-refractivity contribution in [3.63, 3.8) is 0 Å². The fraction of sp³-hybridized carbons (Fsp3) is 0.316. The Hall–Kier alpha value is -2.21. The van der Waals surface area contributed by atoms with E-state index in [-0.39, 0.29) is 5.69 Å². The Labute approximate surface area is 152 Å².